The van der Waals surface area contributed by atoms with E-state index < -0.39 is 41.2 Å². The Morgan fingerprint density at radius 3 is 2.20 bits per heavy atom. The summed E-state index contributed by atoms with van der Waals surface area (Å²) in [6.45, 7) is -0.155. The minimum atomic E-state index is -4.57. The summed E-state index contributed by atoms with van der Waals surface area (Å²) in [6.07, 6.45) is -9.00. The van der Waals surface area contributed by atoms with Crippen LogP contribution in [0.25, 0.3) is 0 Å². The molecule has 2 aromatic rings. The fourth-order valence-electron chi connectivity index (χ4n) is 3.20. The highest BCUT2D eigenvalue weighted by Gasteiger charge is 2.38. The van der Waals surface area contributed by atoms with E-state index in [4.69, 9.17) is 0 Å². The Kier molecular flexibility index (Phi) is 5.78. The summed E-state index contributed by atoms with van der Waals surface area (Å²) < 4.78 is 76.9. The molecule has 0 radical (unpaired) electrons. The SMILES string of the molecule is O=C(NCc1cccc(C(F)(F)F)c1)C1CCN(c2cccc(C(F)(F)F)c2)C1=O. The van der Waals surface area contributed by atoms with Gasteiger partial charge in [-0.1, -0.05) is 18.2 Å². The lowest BCUT2D eigenvalue weighted by Crippen LogP contribution is -2.36. The van der Waals surface area contributed by atoms with Gasteiger partial charge in [-0.05, 0) is 42.3 Å². The highest BCUT2D eigenvalue weighted by atomic mass is 19.4. The maximum absolute atomic E-state index is 12.9. The summed E-state index contributed by atoms with van der Waals surface area (Å²) in [5, 5.41) is 2.42. The molecule has 3 rings (SSSR count). The lowest BCUT2D eigenvalue weighted by molar-refractivity contribution is -0.138. The Morgan fingerprint density at radius 1 is 0.967 bits per heavy atom. The van der Waals surface area contributed by atoms with Crippen LogP contribution in [0, 0.1) is 5.92 Å². The van der Waals surface area contributed by atoms with E-state index in [9.17, 15) is 35.9 Å². The maximum atomic E-state index is 12.9. The van der Waals surface area contributed by atoms with E-state index in [1.165, 1.54) is 24.3 Å². The van der Waals surface area contributed by atoms with Crippen molar-refractivity contribution in [1.82, 2.24) is 5.32 Å². The number of halogens is 6. The topological polar surface area (TPSA) is 49.4 Å². The van der Waals surface area contributed by atoms with Gasteiger partial charge in [0.25, 0.3) is 0 Å². The summed E-state index contributed by atoms with van der Waals surface area (Å²) in [5.41, 5.74) is -1.53. The molecule has 2 amide bonds. The van der Waals surface area contributed by atoms with Gasteiger partial charge in [0, 0.05) is 18.8 Å². The van der Waals surface area contributed by atoms with Crippen LogP contribution in [0.1, 0.15) is 23.1 Å². The van der Waals surface area contributed by atoms with Gasteiger partial charge in [0.05, 0.1) is 11.1 Å². The lowest BCUT2D eigenvalue weighted by atomic mass is 10.1. The van der Waals surface area contributed by atoms with Gasteiger partial charge >= 0.3 is 12.4 Å². The molecular formula is C20H16F6N2O2. The number of anilines is 1. The Labute approximate surface area is 167 Å². The van der Waals surface area contributed by atoms with E-state index in [1.807, 2.05) is 0 Å². The van der Waals surface area contributed by atoms with Crippen LogP contribution in [0.3, 0.4) is 0 Å². The summed E-state index contributed by atoms with van der Waals surface area (Å²) in [7, 11) is 0. The quantitative estimate of drug-likeness (QED) is 0.578. The van der Waals surface area contributed by atoms with E-state index in [0.29, 0.717) is 0 Å². The summed E-state index contributed by atoms with van der Waals surface area (Å²) in [6, 6.07) is 8.64. The predicted molar refractivity (Wildman–Crippen MR) is 95.2 cm³/mol. The van der Waals surface area contributed by atoms with E-state index in [-0.39, 0.29) is 30.8 Å². The molecule has 1 N–H and O–H groups in total. The monoisotopic (exact) mass is 430 g/mol. The number of nitrogens with zero attached hydrogens (tertiary/aromatic N) is 1. The average molecular weight is 430 g/mol. The standard InChI is InChI=1S/C20H16F6N2O2/c21-19(22,23)13-4-1-3-12(9-13)11-27-17(29)16-7-8-28(18(16)30)15-6-2-5-14(10-15)20(24,25)26/h1-6,9-10,16H,7-8,11H2,(H,27,29). The molecule has 2 aromatic carbocycles. The van der Waals surface area contributed by atoms with Gasteiger partial charge in [-0.15, -0.1) is 0 Å². The molecule has 0 spiro atoms. The van der Waals surface area contributed by atoms with Crippen LogP contribution in [0.5, 0.6) is 0 Å². The smallest absolute Gasteiger partial charge is 0.351 e. The lowest BCUT2D eigenvalue weighted by Gasteiger charge is -2.18. The Balaban J connectivity index is 1.66. The van der Waals surface area contributed by atoms with Crippen molar-refractivity contribution in [3.63, 3.8) is 0 Å². The molecule has 1 saturated heterocycles. The van der Waals surface area contributed by atoms with Crippen molar-refractivity contribution in [2.75, 3.05) is 11.4 Å². The van der Waals surface area contributed by atoms with E-state index in [2.05, 4.69) is 5.32 Å². The van der Waals surface area contributed by atoms with Crippen LogP contribution < -0.4 is 10.2 Å². The number of rotatable bonds is 4. The van der Waals surface area contributed by atoms with Crippen molar-refractivity contribution in [2.24, 2.45) is 5.92 Å². The van der Waals surface area contributed by atoms with Gasteiger partial charge in [-0.3, -0.25) is 9.59 Å². The number of alkyl halides is 6. The van der Waals surface area contributed by atoms with Crippen LogP contribution >= 0.6 is 0 Å². The fraction of sp³-hybridized carbons (Fsp3) is 0.300. The van der Waals surface area contributed by atoms with Crippen molar-refractivity contribution in [2.45, 2.75) is 25.3 Å². The molecule has 0 bridgehead atoms. The molecule has 1 atom stereocenters. The third kappa shape index (κ3) is 4.74. The van der Waals surface area contributed by atoms with Gasteiger partial charge in [0.2, 0.25) is 11.8 Å². The summed E-state index contributed by atoms with van der Waals surface area (Å²) >= 11 is 0. The molecule has 1 aliphatic rings. The molecule has 160 valence electrons. The number of amides is 2. The number of hydrogen-bond acceptors (Lipinski definition) is 2. The maximum Gasteiger partial charge on any atom is 0.416 e. The van der Waals surface area contributed by atoms with Crippen LogP contribution in [-0.4, -0.2) is 18.4 Å². The third-order valence-electron chi connectivity index (χ3n) is 4.73. The zero-order chi connectivity index (χ0) is 22.1. The summed E-state index contributed by atoms with van der Waals surface area (Å²) in [4.78, 5) is 26.0. The van der Waals surface area contributed by atoms with Crippen LogP contribution in [0.15, 0.2) is 48.5 Å². The molecule has 1 heterocycles. The molecule has 0 saturated carbocycles. The Bertz CT molecular complexity index is 955. The molecule has 1 fully saturated rings. The molecule has 30 heavy (non-hydrogen) atoms. The van der Waals surface area contributed by atoms with Crippen LogP contribution in [0.2, 0.25) is 0 Å². The Morgan fingerprint density at radius 2 is 1.57 bits per heavy atom. The fourth-order valence-corrected chi connectivity index (χ4v) is 3.20. The van der Waals surface area contributed by atoms with Crippen molar-refractivity contribution in [3.05, 3.63) is 65.2 Å². The van der Waals surface area contributed by atoms with E-state index in [0.717, 1.165) is 29.2 Å². The molecule has 1 aliphatic heterocycles. The first-order valence-electron chi connectivity index (χ1n) is 8.89. The summed E-state index contributed by atoms with van der Waals surface area (Å²) in [5.74, 6) is -2.46. The minimum absolute atomic E-state index is 0.0306. The largest absolute Gasteiger partial charge is 0.416 e. The highest BCUT2D eigenvalue weighted by molar-refractivity contribution is 6.09. The van der Waals surface area contributed by atoms with Gasteiger partial charge in [0.1, 0.15) is 5.92 Å². The minimum Gasteiger partial charge on any atom is -0.351 e. The number of benzene rings is 2. The first-order chi connectivity index (χ1) is 14.0. The van der Waals surface area contributed by atoms with Gasteiger partial charge in [-0.25, -0.2) is 0 Å². The molecule has 4 nitrogen and oxygen atoms in total. The Hall–Kier alpha value is -3.04. The average Bonchev–Trinajstić information content (AvgIpc) is 3.06. The molecular weight excluding hydrogens is 414 g/mol. The number of nitrogens with one attached hydrogen (secondary N) is 1. The number of carbonyl (C=O) groups is 2. The van der Waals surface area contributed by atoms with Crippen molar-refractivity contribution in [3.8, 4) is 0 Å². The van der Waals surface area contributed by atoms with Crippen LogP contribution in [0.4, 0.5) is 32.0 Å². The van der Waals surface area contributed by atoms with Gasteiger partial charge < -0.3 is 10.2 Å². The molecule has 0 aromatic heterocycles. The zero-order valence-corrected chi connectivity index (χ0v) is 15.3. The first-order valence-corrected chi connectivity index (χ1v) is 8.89. The predicted octanol–water partition coefficient (Wildman–Crippen LogP) is 4.39. The van der Waals surface area contributed by atoms with E-state index in [1.54, 1.807) is 0 Å². The molecule has 1 unspecified atom stereocenters. The number of hydrogen-bond donors (Lipinski definition) is 1. The van der Waals surface area contributed by atoms with Gasteiger partial charge in [0.15, 0.2) is 0 Å². The van der Waals surface area contributed by atoms with Crippen molar-refractivity contribution in [1.29, 1.82) is 0 Å². The second-order valence-corrected chi connectivity index (χ2v) is 6.80. The second kappa shape index (κ2) is 8.00. The highest BCUT2D eigenvalue weighted by Crippen LogP contribution is 2.33. The van der Waals surface area contributed by atoms with Crippen molar-refractivity contribution < 1.29 is 35.9 Å². The van der Waals surface area contributed by atoms with Crippen LogP contribution in [-0.2, 0) is 28.5 Å². The van der Waals surface area contributed by atoms with E-state index >= 15 is 0 Å². The zero-order valence-electron chi connectivity index (χ0n) is 15.3. The molecule has 0 aliphatic carbocycles. The van der Waals surface area contributed by atoms with Crippen molar-refractivity contribution >= 4 is 17.5 Å². The first kappa shape index (κ1) is 21.7. The molecule has 10 heteroatoms. The number of carbonyl (C=O) groups excluding carboxylic acids is 2. The third-order valence-corrected chi connectivity index (χ3v) is 4.73. The van der Waals surface area contributed by atoms with Gasteiger partial charge in [-0.2, -0.15) is 26.3 Å². The normalized spacial score (nSPS) is 17.3. The second-order valence-electron chi connectivity index (χ2n) is 6.80.